The minimum absolute atomic E-state index is 0.0433. The monoisotopic (exact) mass is 214 g/mol. The molecule has 1 nitrogen and oxygen atoms in total. The Labute approximate surface area is 87.9 Å². The van der Waals surface area contributed by atoms with E-state index in [1.54, 1.807) is 13.8 Å². The summed E-state index contributed by atoms with van der Waals surface area (Å²) in [7, 11) is 0. The second-order valence-electron chi connectivity index (χ2n) is 3.47. The Morgan fingerprint density at radius 3 is 2.21 bits per heavy atom. The zero-order valence-electron chi connectivity index (χ0n) is 8.13. The normalized spacial score (nSPS) is 12.9. The van der Waals surface area contributed by atoms with Crippen LogP contribution in [-0.4, -0.2) is 5.78 Å². The number of carbonyl (C=O) groups is 1. The van der Waals surface area contributed by atoms with Crippen LogP contribution in [0.3, 0.4) is 0 Å². The molecular weight excluding hydrogens is 203 g/mol. The van der Waals surface area contributed by atoms with Crippen LogP contribution in [0, 0.1) is 11.7 Å². The van der Waals surface area contributed by atoms with Crippen LogP contribution in [0.4, 0.5) is 4.39 Å². The quantitative estimate of drug-likeness (QED) is 0.706. The molecule has 0 aliphatic rings. The third kappa shape index (κ3) is 2.55. The Morgan fingerprint density at radius 1 is 1.29 bits per heavy atom. The lowest BCUT2D eigenvalue weighted by molar-refractivity contribution is -0.121. The molecule has 76 valence electrons. The van der Waals surface area contributed by atoms with Crippen molar-refractivity contribution in [2.45, 2.75) is 19.2 Å². The summed E-state index contributed by atoms with van der Waals surface area (Å²) in [5.41, 5.74) is 0.645. The van der Waals surface area contributed by atoms with Gasteiger partial charge in [0.2, 0.25) is 0 Å². The number of alkyl halides is 1. The molecular formula is C11H12ClFO. The average molecular weight is 215 g/mol. The first-order chi connectivity index (χ1) is 6.52. The lowest BCUT2D eigenvalue weighted by Gasteiger charge is -2.10. The number of carbonyl (C=O) groups excluding carboxylic acids is 1. The van der Waals surface area contributed by atoms with Crippen molar-refractivity contribution in [3.05, 3.63) is 35.6 Å². The van der Waals surface area contributed by atoms with Crippen LogP contribution < -0.4 is 0 Å². The highest BCUT2D eigenvalue weighted by Crippen LogP contribution is 2.24. The minimum atomic E-state index is -0.671. The van der Waals surface area contributed by atoms with E-state index in [1.807, 2.05) is 0 Å². The van der Waals surface area contributed by atoms with Crippen molar-refractivity contribution >= 4 is 17.4 Å². The van der Waals surface area contributed by atoms with Gasteiger partial charge in [0.15, 0.2) is 5.78 Å². The molecule has 1 rings (SSSR count). The van der Waals surface area contributed by atoms with Gasteiger partial charge in [0.25, 0.3) is 0 Å². The van der Waals surface area contributed by atoms with E-state index in [-0.39, 0.29) is 17.5 Å². The molecule has 0 heterocycles. The van der Waals surface area contributed by atoms with Crippen LogP contribution in [0.5, 0.6) is 0 Å². The van der Waals surface area contributed by atoms with Gasteiger partial charge in [0.1, 0.15) is 11.2 Å². The van der Waals surface area contributed by atoms with Crippen molar-refractivity contribution in [1.82, 2.24) is 0 Å². The Kier molecular flexibility index (Phi) is 3.64. The summed E-state index contributed by atoms with van der Waals surface area (Å²) in [6.07, 6.45) is 0. The molecule has 0 bridgehead atoms. The lowest BCUT2D eigenvalue weighted by atomic mass is 10.0. The van der Waals surface area contributed by atoms with Gasteiger partial charge in [-0.05, 0) is 17.7 Å². The second-order valence-corrected chi connectivity index (χ2v) is 3.91. The fourth-order valence-electron chi connectivity index (χ4n) is 1.09. The first kappa shape index (κ1) is 11.2. The molecule has 0 aromatic heterocycles. The predicted octanol–water partition coefficient (Wildman–Crippen LogP) is 3.33. The highest BCUT2D eigenvalue weighted by atomic mass is 35.5. The number of halogens is 2. The van der Waals surface area contributed by atoms with Crippen LogP contribution >= 0.6 is 11.6 Å². The van der Waals surface area contributed by atoms with Crippen molar-refractivity contribution in [2.75, 3.05) is 0 Å². The molecule has 0 radical (unpaired) electrons. The van der Waals surface area contributed by atoms with Crippen LogP contribution in [0.1, 0.15) is 24.8 Å². The fourth-order valence-corrected chi connectivity index (χ4v) is 1.49. The van der Waals surface area contributed by atoms with Crippen molar-refractivity contribution < 1.29 is 9.18 Å². The van der Waals surface area contributed by atoms with Gasteiger partial charge in [-0.25, -0.2) is 4.39 Å². The summed E-state index contributed by atoms with van der Waals surface area (Å²) >= 11 is 5.93. The maximum absolute atomic E-state index is 12.6. The van der Waals surface area contributed by atoms with Gasteiger partial charge in [-0.15, -0.1) is 11.6 Å². The standard InChI is InChI=1S/C11H12ClFO/c1-7(2)11(14)10(12)8-3-5-9(13)6-4-8/h3-7,10H,1-2H3. The molecule has 0 saturated heterocycles. The topological polar surface area (TPSA) is 17.1 Å². The van der Waals surface area contributed by atoms with E-state index in [9.17, 15) is 9.18 Å². The van der Waals surface area contributed by atoms with Crippen LogP contribution in [-0.2, 0) is 4.79 Å². The second kappa shape index (κ2) is 4.56. The lowest BCUT2D eigenvalue weighted by Crippen LogP contribution is -2.13. The Morgan fingerprint density at radius 2 is 1.79 bits per heavy atom. The fraction of sp³-hybridized carbons (Fsp3) is 0.364. The van der Waals surface area contributed by atoms with E-state index in [1.165, 1.54) is 24.3 Å². The first-order valence-electron chi connectivity index (χ1n) is 4.45. The van der Waals surface area contributed by atoms with Gasteiger partial charge in [-0.2, -0.15) is 0 Å². The summed E-state index contributed by atoms with van der Waals surface area (Å²) < 4.78 is 12.6. The maximum Gasteiger partial charge on any atom is 0.157 e. The first-order valence-corrected chi connectivity index (χ1v) is 4.89. The van der Waals surface area contributed by atoms with E-state index < -0.39 is 5.38 Å². The highest BCUT2D eigenvalue weighted by molar-refractivity contribution is 6.31. The molecule has 0 N–H and O–H groups in total. The molecule has 1 aromatic rings. The molecule has 3 heteroatoms. The van der Waals surface area contributed by atoms with E-state index in [4.69, 9.17) is 11.6 Å². The maximum atomic E-state index is 12.6. The van der Waals surface area contributed by atoms with Gasteiger partial charge in [0.05, 0.1) is 0 Å². The van der Waals surface area contributed by atoms with E-state index in [2.05, 4.69) is 0 Å². The molecule has 1 atom stereocenters. The molecule has 0 fully saturated rings. The molecule has 0 aliphatic heterocycles. The average Bonchev–Trinajstić information content (AvgIpc) is 2.16. The molecule has 0 aliphatic carbocycles. The molecule has 0 spiro atoms. The number of benzene rings is 1. The zero-order chi connectivity index (χ0) is 10.7. The number of hydrogen-bond acceptors (Lipinski definition) is 1. The molecule has 0 amide bonds. The molecule has 14 heavy (non-hydrogen) atoms. The molecule has 1 aromatic carbocycles. The SMILES string of the molecule is CC(C)C(=O)C(Cl)c1ccc(F)cc1. The van der Waals surface area contributed by atoms with E-state index in [0.29, 0.717) is 5.56 Å². The number of rotatable bonds is 3. The predicted molar refractivity (Wildman–Crippen MR) is 54.8 cm³/mol. The van der Waals surface area contributed by atoms with Crippen LogP contribution in [0.2, 0.25) is 0 Å². The van der Waals surface area contributed by atoms with Gasteiger partial charge < -0.3 is 0 Å². The van der Waals surface area contributed by atoms with Gasteiger partial charge in [-0.1, -0.05) is 26.0 Å². The Hall–Kier alpha value is -0.890. The zero-order valence-corrected chi connectivity index (χ0v) is 8.88. The van der Waals surface area contributed by atoms with Crippen LogP contribution in [0.25, 0.3) is 0 Å². The third-order valence-corrected chi connectivity index (χ3v) is 2.45. The third-order valence-electron chi connectivity index (χ3n) is 1.98. The summed E-state index contributed by atoms with van der Waals surface area (Å²) in [5, 5.41) is -0.671. The van der Waals surface area contributed by atoms with Crippen molar-refractivity contribution in [3.8, 4) is 0 Å². The molecule has 1 unspecified atom stereocenters. The smallest absolute Gasteiger partial charge is 0.157 e. The Bertz CT molecular complexity index is 319. The van der Waals surface area contributed by atoms with E-state index >= 15 is 0 Å². The van der Waals surface area contributed by atoms with Crippen molar-refractivity contribution in [3.63, 3.8) is 0 Å². The number of Topliss-reactive ketones (excluding diaryl/α,β-unsaturated/α-hetero) is 1. The minimum Gasteiger partial charge on any atom is -0.297 e. The van der Waals surface area contributed by atoms with Gasteiger partial charge in [0, 0.05) is 5.92 Å². The Balaban J connectivity index is 2.84. The van der Waals surface area contributed by atoms with Gasteiger partial charge >= 0.3 is 0 Å². The van der Waals surface area contributed by atoms with Crippen molar-refractivity contribution in [2.24, 2.45) is 5.92 Å². The van der Waals surface area contributed by atoms with E-state index in [0.717, 1.165) is 0 Å². The molecule has 0 saturated carbocycles. The van der Waals surface area contributed by atoms with Crippen LogP contribution in [0.15, 0.2) is 24.3 Å². The van der Waals surface area contributed by atoms with Gasteiger partial charge in [-0.3, -0.25) is 4.79 Å². The largest absolute Gasteiger partial charge is 0.297 e. The summed E-state index contributed by atoms with van der Waals surface area (Å²) in [6.45, 7) is 3.59. The number of hydrogen-bond donors (Lipinski definition) is 0. The summed E-state index contributed by atoms with van der Waals surface area (Å²) in [5.74, 6) is -0.476. The summed E-state index contributed by atoms with van der Waals surface area (Å²) in [6, 6.07) is 5.68. The summed E-state index contributed by atoms with van der Waals surface area (Å²) in [4.78, 5) is 11.5. The van der Waals surface area contributed by atoms with Crippen molar-refractivity contribution in [1.29, 1.82) is 0 Å². The highest BCUT2D eigenvalue weighted by Gasteiger charge is 2.20. The number of ketones is 1.